The van der Waals surface area contributed by atoms with Crippen molar-refractivity contribution in [3.05, 3.63) is 65.2 Å². The van der Waals surface area contributed by atoms with Gasteiger partial charge in [-0.25, -0.2) is 21.9 Å². The first-order chi connectivity index (χ1) is 14.2. The van der Waals surface area contributed by atoms with Crippen LogP contribution in [0.25, 0.3) is 0 Å². The quantitative estimate of drug-likeness (QED) is 0.564. The lowest BCUT2D eigenvalue weighted by molar-refractivity contribution is -0.121. The zero-order valence-corrected chi connectivity index (χ0v) is 17.9. The highest BCUT2D eigenvalue weighted by molar-refractivity contribution is 7.89. The Hall–Kier alpha value is -2.36. The molecule has 0 saturated heterocycles. The van der Waals surface area contributed by atoms with Crippen LogP contribution < -0.4 is 10.0 Å². The van der Waals surface area contributed by atoms with E-state index >= 15 is 0 Å². The average molecular weight is 440 g/mol. The standard InChI is InChI=1S/C21H27F2N3O3S/c1-3-26(4-2)15-17-7-5-6-16(12-17)14-24-21(27)10-11-25-30(28,29)18-8-9-19(22)20(23)13-18/h5-9,12-13,25H,3-4,10-11,14-15H2,1-2H3,(H,24,27). The van der Waals surface area contributed by atoms with Crippen LogP contribution in [0.1, 0.15) is 31.4 Å². The van der Waals surface area contributed by atoms with Gasteiger partial charge in [0.25, 0.3) is 0 Å². The number of halogens is 2. The third-order valence-electron chi connectivity index (χ3n) is 4.63. The van der Waals surface area contributed by atoms with Gasteiger partial charge in [0.1, 0.15) is 0 Å². The Morgan fingerprint density at radius 2 is 1.70 bits per heavy atom. The predicted octanol–water partition coefficient (Wildman–Crippen LogP) is 2.79. The van der Waals surface area contributed by atoms with E-state index in [1.807, 2.05) is 24.3 Å². The van der Waals surface area contributed by atoms with E-state index in [1.165, 1.54) is 0 Å². The molecule has 2 aromatic rings. The van der Waals surface area contributed by atoms with Gasteiger partial charge in [-0.1, -0.05) is 38.1 Å². The summed E-state index contributed by atoms with van der Waals surface area (Å²) in [5.41, 5.74) is 2.11. The lowest BCUT2D eigenvalue weighted by Gasteiger charge is -2.18. The summed E-state index contributed by atoms with van der Waals surface area (Å²) in [6.45, 7) is 7.13. The Kier molecular flexibility index (Phi) is 8.88. The van der Waals surface area contributed by atoms with Gasteiger partial charge in [-0.3, -0.25) is 9.69 Å². The number of nitrogens with zero attached hydrogens (tertiary/aromatic N) is 1. The smallest absolute Gasteiger partial charge is 0.240 e. The zero-order chi connectivity index (χ0) is 22.1. The zero-order valence-electron chi connectivity index (χ0n) is 17.1. The fourth-order valence-electron chi connectivity index (χ4n) is 2.86. The molecular weight excluding hydrogens is 412 g/mol. The molecule has 30 heavy (non-hydrogen) atoms. The van der Waals surface area contributed by atoms with E-state index in [9.17, 15) is 22.0 Å². The lowest BCUT2D eigenvalue weighted by atomic mass is 10.1. The Labute approximate surface area is 176 Å². The summed E-state index contributed by atoms with van der Waals surface area (Å²) in [6.07, 6.45) is -0.0813. The number of hydrogen-bond donors (Lipinski definition) is 2. The molecule has 164 valence electrons. The molecule has 0 aliphatic rings. The van der Waals surface area contributed by atoms with Crippen LogP contribution in [0.4, 0.5) is 8.78 Å². The van der Waals surface area contributed by atoms with Crippen molar-refractivity contribution >= 4 is 15.9 Å². The molecule has 2 N–H and O–H groups in total. The van der Waals surface area contributed by atoms with E-state index < -0.39 is 26.6 Å². The van der Waals surface area contributed by atoms with Crippen LogP contribution in [0, 0.1) is 11.6 Å². The van der Waals surface area contributed by atoms with Crippen LogP contribution >= 0.6 is 0 Å². The molecule has 0 aliphatic heterocycles. The van der Waals surface area contributed by atoms with Crippen molar-refractivity contribution in [1.29, 1.82) is 0 Å². The van der Waals surface area contributed by atoms with E-state index in [-0.39, 0.29) is 18.9 Å². The number of sulfonamides is 1. The topological polar surface area (TPSA) is 78.5 Å². The molecule has 0 aliphatic carbocycles. The summed E-state index contributed by atoms with van der Waals surface area (Å²) in [5, 5.41) is 2.75. The van der Waals surface area contributed by atoms with Gasteiger partial charge in [0.05, 0.1) is 4.90 Å². The Morgan fingerprint density at radius 3 is 2.37 bits per heavy atom. The van der Waals surface area contributed by atoms with Crippen molar-refractivity contribution in [3.63, 3.8) is 0 Å². The van der Waals surface area contributed by atoms with Gasteiger partial charge >= 0.3 is 0 Å². The van der Waals surface area contributed by atoms with Crippen molar-refractivity contribution < 1.29 is 22.0 Å². The fourth-order valence-corrected chi connectivity index (χ4v) is 3.90. The average Bonchev–Trinajstić information content (AvgIpc) is 2.72. The molecule has 6 nitrogen and oxygen atoms in total. The maximum Gasteiger partial charge on any atom is 0.240 e. The monoisotopic (exact) mass is 439 g/mol. The number of amides is 1. The molecule has 0 atom stereocenters. The molecule has 0 heterocycles. The minimum Gasteiger partial charge on any atom is -0.352 e. The van der Waals surface area contributed by atoms with Crippen LogP contribution in [-0.4, -0.2) is 38.9 Å². The molecule has 2 aromatic carbocycles. The summed E-state index contributed by atoms with van der Waals surface area (Å²) >= 11 is 0. The highest BCUT2D eigenvalue weighted by Gasteiger charge is 2.16. The summed E-state index contributed by atoms with van der Waals surface area (Å²) in [5.74, 6) is -2.70. The number of carbonyl (C=O) groups excluding carboxylic acids is 1. The summed E-state index contributed by atoms with van der Waals surface area (Å²) in [6, 6.07) is 10.2. The van der Waals surface area contributed by atoms with Gasteiger partial charge in [0.2, 0.25) is 15.9 Å². The number of rotatable bonds is 11. The predicted molar refractivity (Wildman–Crippen MR) is 111 cm³/mol. The van der Waals surface area contributed by atoms with Gasteiger partial charge in [0.15, 0.2) is 11.6 Å². The minimum absolute atomic E-state index is 0.0813. The van der Waals surface area contributed by atoms with Crippen molar-refractivity contribution in [2.24, 2.45) is 0 Å². The molecule has 0 saturated carbocycles. The molecule has 0 fully saturated rings. The van der Waals surface area contributed by atoms with Crippen LogP contribution in [0.5, 0.6) is 0 Å². The highest BCUT2D eigenvalue weighted by atomic mass is 32.2. The molecule has 0 bridgehead atoms. The molecule has 9 heteroatoms. The molecule has 0 unspecified atom stereocenters. The molecule has 0 aromatic heterocycles. The Morgan fingerprint density at radius 1 is 1.00 bits per heavy atom. The van der Waals surface area contributed by atoms with E-state index in [2.05, 4.69) is 28.8 Å². The minimum atomic E-state index is -4.03. The number of carbonyl (C=O) groups is 1. The van der Waals surface area contributed by atoms with Crippen molar-refractivity contribution in [1.82, 2.24) is 14.9 Å². The number of benzene rings is 2. The SMILES string of the molecule is CCN(CC)Cc1cccc(CNC(=O)CCNS(=O)(=O)c2ccc(F)c(F)c2)c1. The third kappa shape index (κ3) is 7.16. The second-order valence-electron chi connectivity index (χ2n) is 6.78. The van der Waals surface area contributed by atoms with Gasteiger partial charge < -0.3 is 5.32 Å². The van der Waals surface area contributed by atoms with Gasteiger partial charge in [-0.2, -0.15) is 0 Å². The highest BCUT2D eigenvalue weighted by Crippen LogP contribution is 2.13. The maximum absolute atomic E-state index is 13.2. The molecular formula is C21H27F2N3O3S. The van der Waals surface area contributed by atoms with Gasteiger partial charge in [0, 0.05) is 26.1 Å². The summed E-state index contributed by atoms with van der Waals surface area (Å²) in [7, 11) is -4.03. The first-order valence-electron chi connectivity index (χ1n) is 9.76. The van der Waals surface area contributed by atoms with Gasteiger partial charge in [-0.15, -0.1) is 0 Å². The summed E-state index contributed by atoms with van der Waals surface area (Å²) in [4.78, 5) is 13.9. The largest absolute Gasteiger partial charge is 0.352 e. The number of nitrogens with one attached hydrogen (secondary N) is 2. The first kappa shape index (κ1) is 23.9. The Balaban J connectivity index is 1.82. The first-order valence-corrected chi connectivity index (χ1v) is 11.2. The number of hydrogen-bond acceptors (Lipinski definition) is 4. The second-order valence-corrected chi connectivity index (χ2v) is 8.55. The van der Waals surface area contributed by atoms with Crippen molar-refractivity contribution in [3.8, 4) is 0 Å². The lowest BCUT2D eigenvalue weighted by Crippen LogP contribution is -2.30. The van der Waals surface area contributed by atoms with Gasteiger partial charge in [-0.05, 0) is 42.4 Å². The fraction of sp³-hybridized carbons (Fsp3) is 0.381. The van der Waals surface area contributed by atoms with E-state index in [0.29, 0.717) is 12.6 Å². The van der Waals surface area contributed by atoms with Crippen molar-refractivity contribution in [2.75, 3.05) is 19.6 Å². The second kappa shape index (κ2) is 11.1. The molecule has 2 rings (SSSR count). The van der Waals surface area contributed by atoms with Crippen LogP contribution in [0.15, 0.2) is 47.4 Å². The molecule has 1 amide bonds. The van der Waals surface area contributed by atoms with Crippen LogP contribution in [0.3, 0.4) is 0 Å². The normalized spacial score (nSPS) is 11.6. The molecule has 0 radical (unpaired) electrons. The van der Waals surface area contributed by atoms with Crippen LogP contribution in [0.2, 0.25) is 0 Å². The van der Waals surface area contributed by atoms with Crippen LogP contribution in [-0.2, 0) is 27.9 Å². The Bertz CT molecular complexity index is 964. The van der Waals surface area contributed by atoms with Crippen molar-refractivity contribution in [2.45, 2.75) is 38.3 Å². The summed E-state index contributed by atoms with van der Waals surface area (Å²) < 4.78 is 52.6. The molecule has 0 spiro atoms. The maximum atomic E-state index is 13.2. The van der Waals surface area contributed by atoms with E-state index in [0.717, 1.165) is 42.9 Å². The van der Waals surface area contributed by atoms with E-state index in [1.54, 1.807) is 0 Å². The van der Waals surface area contributed by atoms with E-state index in [4.69, 9.17) is 0 Å². The third-order valence-corrected chi connectivity index (χ3v) is 6.09.